The zero-order chi connectivity index (χ0) is 24.5. The molecule has 3 aromatic carbocycles. The standard InChI is InChI=1S/C28H32N2O5/c1-32-25-10-6-9-24(17-25)21-35-28(31)30-15-13-29(14-16-30)19-23-11-12-26(33-2)27(18-23)34-20-22-7-4-3-5-8-22/h3-12,17-18H,13-16,19-21H2,1-2H3. The van der Waals surface area contributed by atoms with Gasteiger partial charge in [-0.3, -0.25) is 4.90 Å². The van der Waals surface area contributed by atoms with Crippen molar-refractivity contribution < 1.29 is 23.7 Å². The first-order chi connectivity index (χ1) is 17.1. The fourth-order valence-electron chi connectivity index (χ4n) is 4.01. The molecular weight excluding hydrogens is 444 g/mol. The number of amides is 1. The largest absolute Gasteiger partial charge is 0.497 e. The van der Waals surface area contributed by atoms with Gasteiger partial charge in [-0.1, -0.05) is 48.5 Å². The SMILES string of the molecule is COc1cccc(COC(=O)N2CCN(Cc3ccc(OC)c(OCc4ccccc4)c3)CC2)c1. The van der Waals surface area contributed by atoms with Gasteiger partial charge in [0.1, 0.15) is 19.0 Å². The Morgan fingerprint density at radius 1 is 0.743 bits per heavy atom. The van der Waals surface area contributed by atoms with Crippen LogP contribution in [0.2, 0.25) is 0 Å². The zero-order valence-corrected chi connectivity index (χ0v) is 20.3. The average molecular weight is 477 g/mol. The first-order valence-corrected chi connectivity index (χ1v) is 11.7. The molecule has 0 atom stereocenters. The van der Waals surface area contributed by atoms with Gasteiger partial charge in [-0.15, -0.1) is 0 Å². The van der Waals surface area contributed by atoms with E-state index in [0.717, 1.165) is 47.8 Å². The summed E-state index contributed by atoms with van der Waals surface area (Å²) < 4.78 is 22.3. The Bertz CT molecular complexity index is 1100. The second-order valence-corrected chi connectivity index (χ2v) is 8.43. The fourth-order valence-corrected chi connectivity index (χ4v) is 4.01. The topological polar surface area (TPSA) is 60.5 Å². The van der Waals surface area contributed by atoms with Crippen molar-refractivity contribution in [1.82, 2.24) is 9.80 Å². The molecule has 7 heteroatoms. The molecule has 1 heterocycles. The molecule has 4 rings (SSSR count). The van der Waals surface area contributed by atoms with Crippen LogP contribution in [-0.4, -0.2) is 56.3 Å². The summed E-state index contributed by atoms with van der Waals surface area (Å²) in [6.45, 7) is 4.30. The number of carbonyl (C=O) groups excluding carboxylic acids is 1. The van der Waals surface area contributed by atoms with E-state index in [1.165, 1.54) is 0 Å². The van der Waals surface area contributed by atoms with Crippen LogP contribution < -0.4 is 14.2 Å². The Hall–Kier alpha value is -3.71. The van der Waals surface area contributed by atoms with Crippen molar-refractivity contribution in [2.24, 2.45) is 0 Å². The van der Waals surface area contributed by atoms with Gasteiger partial charge in [0.05, 0.1) is 14.2 Å². The molecule has 184 valence electrons. The van der Waals surface area contributed by atoms with Crippen LogP contribution in [0.1, 0.15) is 16.7 Å². The van der Waals surface area contributed by atoms with Crippen LogP contribution in [0.15, 0.2) is 72.8 Å². The average Bonchev–Trinajstić information content (AvgIpc) is 2.92. The molecular formula is C28H32N2O5. The van der Waals surface area contributed by atoms with Gasteiger partial charge in [0.15, 0.2) is 11.5 Å². The van der Waals surface area contributed by atoms with Crippen LogP contribution in [0.5, 0.6) is 17.2 Å². The van der Waals surface area contributed by atoms with Gasteiger partial charge in [0.25, 0.3) is 0 Å². The lowest BCUT2D eigenvalue weighted by molar-refractivity contribution is 0.0700. The van der Waals surface area contributed by atoms with Crippen molar-refractivity contribution in [1.29, 1.82) is 0 Å². The van der Waals surface area contributed by atoms with E-state index >= 15 is 0 Å². The quantitative estimate of drug-likeness (QED) is 0.445. The highest BCUT2D eigenvalue weighted by Gasteiger charge is 2.22. The number of carbonyl (C=O) groups is 1. The maximum Gasteiger partial charge on any atom is 0.410 e. The summed E-state index contributed by atoms with van der Waals surface area (Å²) in [4.78, 5) is 16.6. The Kier molecular flexibility index (Phi) is 8.46. The summed E-state index contributed by atoms with van der Waals surface area (Å²) in [6.07, 6.45) is -0.284. The molecule has 1 fully saturated rings. The van der Waals surface area contributed by atoms with Crippen LogP contribution >= 0.6 is 0 Å². The number of methoxy groups -OCH3 is 2. The smallest absolute Gasteiger partial charge is 0.410 e. The molecule has 0 spiro atoms. The van der Waals surface area contributed by atoms with E-state index < -0.39 is 0 Å². The molecule has 1 saturated heterocycles. The molecule has 0 aromatic heterocycles. The minimum Gasteiger partial charge on any atom is -0.497 e. The Morgan fingerprint density at radius 3 is 2.26 bits per heavy atom. The third kappa shape index (κ3) is 6.90. The molecule has 1 aliphatic heterocycles. The highest BCUT2D eigenvalue weighted by Crippen LogP contribution is 2.29. The van der Waals surface area contributed by atoms with Crippen molar-refractivity contribution >= 4 is 6.09 Å². The Morgan fingerprint density at radius 2 is 1.51 bits per heavy atom. The molecule has 0 saturated carbocycles. The maximum absolute atomic E-state index is 12.5. The van der Waals surface area contributed by atoms with Crippen molar-refractivity contribution in [2.75, 3.05) is 40.4 Å². The van der Waals surface area contributed by atoms with Gasteiger partial charge >= 0.3 is 6.09 Å². The van der Waals surface area contributed by atoms with E-state index in [2.05, 4.69) is 11.0 Å². The minimum atomic E-state index is -0.284. The molecule has 35 heavy (non-hydrogen) atoms. The molecule has 7 nitrogen and oxygen atoms in total. The summed E-state index contributed by atoms with van der Waals surface area (Å²) in [5, 5.41) is 0. The lowest BCUT2D eigenvalue weighted by atomic mass is 10.1. The lowest BCUT2D eigenvalue weighted by Crippen LogP contribution is -2.48. The summed E-state index contributed by atoms with van der Waals surface area (Å²) in [6, 6.07) is 23.7. The normalized spacial score (nSPS) is 13.8. The van der Waals surface area contributed by atoms with E-state index in [0.29, 0.717) is 25.4 Å². The van der Waals surface area contributed by atoms with Crippen LogP contribution in [0.4, 0.5) is 4.79 Å². The molecule has 1 amide bonds. The van der Waals surface area contributed by atoms with E-state index in [9.17, 15) is 4.79 Å². The third-order valence-electron chi connectivity index (χ3n) is 6.00. The van der Waals surface area contributed by atoms with E-state index in [1.807, 2.05) is 66.7 Å². The minimum absolute atomic E-state index is 0.230. The summed E-state index contributed by atoms with van der Waals surface area (Å²) in [5.41, 5.74) is 3.15. The predicted octanol–water partition coefficient (Wildman–Crippen LogP) is 4.74. The number of hydrogen-bond donors (Lipinski definition) is 0. The fraction of sp³-hybridized carbons (Fsp3) is 0.321. The summed E-state index contributed by atoms with van der Waals surface area (Å²) >= 11 is 0. The van der Waals surface area contributed by atoms with Crippen molar-refractivity contribution in [3.05, 3.63) is 89.5 Å². The van der Waals surface area contributed by atoms with Gasteiger partial charge in [-0.05, 0) is 41.0 Å². The second kappa shape index (κ2) is 12.1. The molecule has 0 aliphatic carbocycles. The highest BCUT2D eigenvalue weighted by atomic mass is 16.6. The Labute approximate surface area is 206 Å². The van der Waals surface area contributed by atoms with Gasteiger partial charge in [0.2, 0.25) is 0 Å². The highest BCUT2D eigenvalue weighted by molar-refractivity contribution is 5.67. The predicted molar refractivity (Wildman–Crippen MR) is 134 cm³/mol. The van der Waals surface area contributed by atoms with Crippen LogP contribution in [0.25, 0.3) is 0 Å². The molecule has 0 unspecified atom stereocenters. The van der Waals surface area contributed by atoms with Gasteiger partial charge in [-0.25, -0.2) is 4.79 Å². The van der Waals surface area contributed by atoms with Crippen molar-refractivity contribution in [3.63, 3.8) is 0 Å². The molecule has 0 bridgehead atoms. The monoisotopic (exact) mass is 476 g/mol. The van der Waals surface area contributed by atoms with Gasteiger partial charge < -0.3 is 23.8 Å². The van der Waals surface area contributed by atoms with Crippen LogP contribution in [0.3, 0.4) is 0 Å². The molecule has 0 N–H and O–H groups in total. The van der Waals surface area contributed by atoms with E-state index in [4.69, 9.17) is 18.9 Å². The van der Waals surface area contributed by atoms with Gasteiger partial charge in [0, 0.05) is 32.7 Å². The van der Waals surface area contributed by atoms with Crippen molar-refractivity contribution in [3.8, 4) is 17.2 Å². The first kappa shape index (κ1) is 24.4. The van der Waals surface area contributed by atoms with Crippen LogP contribution in [0, 0.1) is 0 Å². The summed E-state index contributed by atoms with van der Waals surface area (Å²) in [5.74, 6) is 2.20. The van der Waals surface area contributed by atoms with E-state index in [1.54, 1.807) is 19.1 Å². The van der Waals surface area contributed by atoms with Crippen LogP contribution in [-0.2, 0) is 24.5 Å². The molecule has 3 aromatic rings. The van der Waals surface area contributed by atoms with E-state index in [-0.39, 0.29) is 12.7 Å². The number of benzene rings is 3. The number of piperazine rings is 1. The lowest BCUT2D eigenvalue weighted by Gasteiger charge is -2.34. The number of ether oxygens (including phenoxy) is 4. The number of rotatable bonds is 9. The first-order valence-electron chi connectivity index (χ1n) is 11.7. The second-order valence-electron chi connectivity index (χ2n) is 8.43. The zero-order valence-electron chi connectivity index (χ0n) is 20.3. The van der Waals surface area contributed by atoms with Gasteiger partial charge in [-0.2, -0.15) is 0 Å². The number of hydrogen-bond acceptors (Lipinski definition) is 6. The molecule has 0 radical (unpaired) electrons. The number of nitrogens with zero attached hydrogens (tertiary/aromatic N) is 2. The molecule has 1 aliphatic rings. The Balaban J connectivity index is 1.26. The maximum atomic E-state index is 12.5. The van der Waals surface area contributed by atoms with Crippen molar-refractivity contribution in [2.45, 2.75) is 19.8 Å². The third-order valence-corrected chi connectivity index (χ3v) is 6.00. The summed E-state index contributed by atoms with van der Waals surface area (Å²) in [7, 11) is 3.27.